The van der Waals surface area contributed by atoms with Crippen LogP contribution in [0.3, 0.4) is 0 Å². The van der Waals surface area contributed by atoms with Crippen LogP contribution < -0.4 is 0 Å². The molecular weight excluding hydrogens is 124 g/mol. The van der Waals surface area contributed by atoms with Crippen LogP contribution in [-0.2, 0) is 0 Å². The van der Waals surface area contributed by atoms with E-state index in [1.54, 1.807) is 14.0 Å². The van der Waals surface area contributed by atoms with E-state index in [0.717, 1.165) is 12.0 Å². The van der Waals surface area contributed by atoms with Gasteiger partial charge in [0.2, 0.25) is 0 Å². The first kappa shape index (κ1) is 9.08. The molecule has 0 rings (SSSR count). The summed E-state index contributed by atoms with van der Waals surface area (Å²) < 4.78 is 0. The number of aliphatic imine (C=N–C) groups is 1. The molecule has 0 aromatic heterocycles. The van der Waals surface area contributed by atoms with E-state index in [9.17, 15) is 0 Å². The molecular formula is C8H14N2. The number of hydrogen-bond acceptors (Lipinski definition) is 2. The molecule has 0 heterocycles. The Morgan fingerprint density at radius 1 is 1.60 bits per heavy atom. The third-order valence-corrected chi connectivity index (χ3v) is 1.32. The number of nitrogens with zero attached hydrogens (tertiary/aromatic N) is 1. The lowest BCUT2D eigenvalue weighted by molar-refractivity contribution is 1.31. The van der Waals surface area contributed by atoms with Gasteiger partial charge in [0.25, 0.3) is 0 Å². The van der Waals surface area contributed by atoms with Gasteiger partial charge in [0.15, 0.2) is 0 Å². The Bertz CT molecular complexity index is 166. The third kappa shape index (κ3) is 3.17. The summed E-state index contributed by atoms with van der Waals surface area (Å²) in [6.07, 6.45) is 4.54. The van der Waals surface area contributed by atoms with Gasteiger partial charge in [-0.05, 0) is 19.4 Å². The van der Waals surface area contributed by atoms with Crippen LogP contribution in [0, 0.1) is 5.41 Å². The number of rotatable bonds is 3. The fourth-order valence-corrected chi connectivity index (χ4v) is 0.677. The Labute approximate surface area is 62.2 Å². The molecule has 2 nitrogen and oxygen atoms in total. The van der Waals surface area contributed by atoms with Crippen LogP contribution in [0.4, 0.5) is 0 Å². The van der Waals surface area contributed by atoms with E-state index >= 15 is 0 Å². The normalized spacial score (nSPS) is 12.5. The van der Waals surface area contributed by atoms with Crippen LogP contribution in [0.5, 0.6) is 0 Å². The fourth-order valence-electron chi connectivity index (χ4n) is 0.677. The van der Waals surface area contributed by atoms with Crippen molar-refractivity contribution in [3.63, 3.8) is 0 Å². The molecule has 0 unspecified atom stereocenters. The van der Waals surface area contributed by atoms with Crippen LogP contribution in [0.25, 0.3) is 0 Å². The molecule has 2 heteroatoms. The quantitative estimate of drug-likeness (QED) is 0.579. The van der Waals surface area contributed by atoms with Crippen molar-refractivity contribution in [2.45, 2.75) is 20.3 Å². The molecule has 0 radical (unpaired) electrons. The zero-order valence-electron chi connectivity index (χ0n) is 6.81. The first-order valence-electron chi connectivity index (χ1n) is 3.33. The minimum atomic E-state index is 0.627. The summed E-state index contributed by atoms with van der Waals surface area (Å²) in [5, 5.41) is 7.30. The first-order chi connectivity index (χ1) is 4.72. The summed E-state index contributed by atoms with van der Waals surface area (Å²) in [5.41, 5.74) is 1.67. The van der Waals surface area contributed by atoms with Gasteiger partial charge in [-0.3, -0.25) is 0 Å². The van der Waals surface area contributed by atoms with Gasteiger partial charge >= 0.3 is 0 Å². The van der Waals surface area contributed by atoms with E-state index in [1.807, 2.05) is 19.2 Å². The SMILES string of the molecule is C/C=C(/C/C=N/C)C(C)=N. The van der Waals surface area contributed by atoms with Crippen molar-refractivity contribution in [3.05, 3.63) is 11.6 Å². The predicted octanol–water partition coefficient (Wildman–Crippen LogP) is 2.06. The summed E-state index contributed by atoms with van der Waals surface area (Å²) >= 11 is 0. The molecule has 0 aliphatic carbocycles. The number of hydrogen-bond donors (Lipinski definition) is 1. The van der Waals surface area contributed by atoms with Gasteiger partial charge in [-0.2, -0.15) is 0 Å². The lowest BCUT2D eigenvalue weighted by Gasteiger charge is -1.97. The smallest absolute Gasteiger partial charge is 0.0315 e. The van der Waals surface area contributed by atoms with Crippen molar-refractivity contribution < 1.29 is 0 Å². The lowest BCUT2D eigenvalue weighted by Crippen LogP contribution is -1.95. The maximum absolute atomic E-state index is 7.30. The minimum absolute atomic E-state index is 0.627. The van der Waals surface area contributed by atoms with Gasteiger partial charge < -0.3 is 10.4 Å². The van der Waals surface area contributed by atoms with Gasteiger partial charge in [-0.25, -0.2) is 0 Å². The maximum atomic E-state index is 7.30. The summed E-state index contributed by atoms with van der Waals surface area (Å²) in [4.78, 5) is 3.84. The Morgan fingerprint density at radius 2 is 2.20 bits per heavy atom. The van der Waals surface area contributed by atoms with Crippen LogP contribution in [0.15, 0.2) is 16.6 Å². The molecule has 0 bridgehead atoms. The van der Waals surface area contributed by atoms with E-state index < -0.39 is 0 Å². The highest BCUT2D eigenvalue weighted by Gasteiger charge is 1.93. The molecule has 0 amide bonds. The molecule has 0 aliphatic rings. The van der Waals surface area contributed by atoms with E-state index in [4.69, 9.17) is 5.41 Å². The molecule has 10 heavy (non-hydrogen) atoms. The van der Waals surface area contributed by atoms with Crippen molar-refractivity contribution in [2.75, 3.05) is 7.05 Å². The Morgan fingerprint density at radius 3 is 2.50 bits per heavy atom. The lowest BCUT2D eigenvalue weighted by atomic mass is 10.1. The number of allylic oxidation sites excluding steroid dienone is 2. The second kappa shape index (κ2) is 4.91. The van der Waals surface area contributed by atoms with Crippen LogP contribution in [0.2, 0.25) is 0 Å². The van der Waals surface area contributed by atoms with Crippen LogP contribution in [-0.4, -0.2) is 19.0 Å². The van der Waals surface area contributed by atoms with Crippen LogP contribution >= 0.6 is 0 Å². The van der Waals surface area contributed by atoms with E-state index in [0.29, 0.717) is 5.71 Å². The Hall–Kier alpha value is -0.920. The third-order valence-electron chi connectivity index (χ3n) is 1.32. The summed E-state index contributed by atoms with van der Waals surface area (Å²) in [6, 6.07) is 0. The highest BCUT2D eigenvalue weighted by atomic mass is 14.6. The van der Waals surface area contributed by atoms with Gasteiger partial charge in [0.05, 0.1) is 0 Å². The monoisotopic (exact) mass is 138 g/mol. The highest BCUT2D eigenvalue weighted by Crippen LogP contribution is 1.99. The first-order valence-corrected chi connectivity index (χ1v) is 3.33. The van der Waals surface area contributed by atoms with Crippen molar-refractivity contribution in [1.29, 1.82) is 5.41 Å². The van der Waals surface area contributed by atoms with Gasteiger partial charge in [0, 0.05) is 25.4 Å². The Kier molecular flexibility index (Phi) is 4.46. The molecule has 0 spiro atoms. The van der Waals surface area contributed by atoms with E-state index in [1.165, 1.54) is 0 Å². The molecule has 56 valence electrons. The summed E-state index contributed by atoms with van der Waals surface area (Å²) in [6.45, 7) is 3.73. The molecule has 0 aliphatic heterocycles. The zero-order valence-corrected chi connectivity index (χ0v) is 6.81. The fraction of sp³-hybridized carbons (Fsp3) is 0.500. The molecule has 0 fully saturated rings. The highest BCUT2D eigenvalue weighted by molar-refractivity contribution is 5.98. The van der Waals surface area contributed by atoms with Gasteiger partial charge in [0.1, 0.15) is 0 Å². The van der Waals surface area contributed by atoms with E-state index in [2.05, 4.69) is 4.99 Å². The number of nitrogens with one attached hydrogen (secondary N) is 1. The largest absolute Gasteiger partial charge is 0.305 e. The maximum Gasteiger partial charge on any atom is 0.0315 e. The predicted molar refractivity (Wildman–Crippen MR) is 46.2 cm³/mol. The molecule has 0 aromatic rings. The van der Waals surface area contributed by atoms with Crippen molar-refractivity contribution in [2.24, 2.45) is 4.99 Å². The van der Waals surface area contributed by atoms with Crippen molar-refractivity contribution in [1.82, 2.24) is 0 Å². The average Bonchev–Trinajstić information content (AvgIpc) is 1.89. The summed E-state index contributed by atoms with van der Waals surface area (Å²) in [5.74, 6) is 0. The minimum Gasteiger partial charge on any atom is -0.305 e. The van der Waals surface area contributed by atoms with Crippen molar-refractivity contribution in [3.8, 4) is 0 Å². The van der Waals surface area contributed by atoms with Gasteiger partial charge in [-0.1, -0.05) is 6.08 Å². The molecule has 0 atom stereocenters. The second-order valence-electron chi connectivity index (χ2n) is 2.08. The standard InChI is InChI=1S/C8H14N2/c1-4-8(7(2)9)5-6-10-3/h4,6,9H,5H2,1-3H3/b8-4-,9-7?,10-6+. The zero-order chi connectivity index (χ0) is 7.98. The van der Waals surface area contributed by atoms with Crippen molar-refractivity contribution >= 4 is 11.9 Å². The molecule has 0 aromatic carbocycles. The van der Waals surface area contributed by atoms with Crippen LogP contribution in [0.1, 0.15) is 20.3 Å². The molecule has 1 N–H and O–H groups in total. The summed E-state index contributed by atoms with van der Waals surface area (Å²) in [7, 11) is 1.74. The van der Waals surface area contributed by atoms with Gasteiger partial charge in [-0.15, -0.1) is 0 Å². The molecule has 0 saturated heterocycles. The Balaban J connectivity index is 3.99. The molecule has 0 saturated carbocycles. The average molecular weight is 138 g/mol. The topological polar surface area (TPSA) is 36.2 Å². The van der Waals surface area contributed by atoms with E-state index in [-0.39, 0.29) is 0 Å². The second-order valence-corrected chi connectivity index (χ2v) is 2.08.